The van der Waals surface area contributed by atoms with Gasteiger partial charge in [0, 0.05) is 22.6 Å². The summed E-state index contributed by atoms with van der Waals surface area (Å²) in [6.07, 6.45) is 0. The molecule has 4 aromatic rings. The minimum atomic E-state index is -0.886. The van der Waals surface area contributed by atoms with Crippen molar-refractivity contribution < 1.29 is 19.7 Å². The lowest BCUT2D eigenvalue weighted by Gasteiger charge is -2.38. The van der Waals surface area contributed by atoms with Crippen LogP contribution in [0, 0.1) is 0 Å². The van der Waals surface area contributed by atoms with E-state index < -0.39 is 5.60 Å². The highest BCUT2D eigenvalue weighted by Crippen LogP contribution is 2.58. The Morgan fingerprint density at radius 3 is 2.62 bits per heavy atom. The molecule has 1 spiro atoms. The van der Waals surface area contributed by atoms with Crippen LogP contribution in [0.3, 0.4) is 0 Å². The molecule has 4 nitrogen and oxygen atoms in total. The lowest BCUT2D eigenvalue weighted by Crippen LogP contribution is -2.32. The van der Waals surface area contributed by atoms with Gasteiger partial charge in [-0.15, -0.1) is 0 Å². The first-order valence-corrected chi connectivity index (χ1v) is 9.65. The van der Waals surface area contributed by atoms with Crippen LogP contribution in [-0.2, 0) is 16.9 Å². The topological polar surface area (TPSA) is 58.9 Å². The molecule has 6 rings (SSSR count). The van der Waals surface area contributed by atoms with Gasteiger partial charge < -0.3 is 19.7 Å². The van der Waals surface area contributed by atoms with Gasteiger partial charge in [0.2, 0.25) is 0 Å². The molecule has 4 aromatic carbocycles. The average molecular weight is 403 g/mol. The SMILES string of the molecule is Oc1ccc2c3c(ccc2c1)C1(OCc2ccccc21)c1cc(Cl)c(O)cc1O3. The van der Waals surface area contributed by atoms with Gasteiger partial charge in [0.1, 0.15) is 23.0 Å². The second kappa shape index (κ2) is 5.66. The standard InChI is InChI=1S/C24H15ClO4/c25-20-10-19-22(11-21(20)27)29-23-16-7-6-15(26)9-13(16)5-8-18(23)24(19)17-4-2-1-3-14(17)12-28-24/h1-11,26-27H,12H2. The molecule has 5 heteroatoms. The average Bonchev–Trinajstić information content (AvgIpc) is 3.10. The summed E-state index contributed by atoms with van der Waals surface area (Å²) in [7, 11) is 0. The van der Waals surface area contributed by atoms with E-state index in [2.05, 4.69) is 12.1 Å². The van der Waals surface area contributed by atoms with E-state index in [4.69, 9.17) is 21.1 Å². The zero-order chi connectivity index (χ0) is 19.8. The number of benzene rings is 4. The van der Waals surface area contributed by atoms with Crippen molar-refractivity contribution in [3.63, 3.8) is 0 Å². The normalized spacial score (nSPS) is 18.9. The third kappa shape index (κ3) is 2.13. The van der Waals surface area contributed by atoms with E-state index in [1.54, 1.807) is 18.2 Å². The minimum Gasteiger partial charge on any atom is -0.508 e. The van der Waals surface area contributed by atoms with Crippen molar-refractivity contribution in [2.75, 3.05) is 0 Å². The summed E-state index contributed by atoms with van der Waals surface area (Å²) >= 11 is 6.29. The second-order valence-corrected chi connectivity index (χ2v) is 7.78. The van der Waals surface area contributed by atoms with Gasteiger partial charge in [-0.1, -0.05) is 48.0 Å². The van der Waals surface area contributed by atoms with Crippen LogP contribution in [0.4, 0.5) is 0 Å². The van der Waals surface area contributed by atoms with Crippen LogP contribution in [0.5, 0.6) is 23.0 Å². The number of ether oxygens (including phenoxy) is 2. The molecule has 29 heavy (non-hydrogen) atoms. The lowest BCUT2D eigenvalue weighted by atomic mass is 9.77. The van der Waals surface area contributed by atoms with Crippen molar-refractivity contribution in [3.05, 3.63) is 94.0 Å². The van der Waals surface area contributed by atoms with E-state index >= 15 is 0 Å². The van der Waals surface area contributed by atoms with Crippen LogP contribution < -0.4 is 4.74 Å². The second-order valence-electron chi connectivity index (χ2n) is 7.38. The zero-order valence-electron chi connectivity index (χ0n) is 15.1. The Bertz CT molecular complexity index is 1330. The Morgan fingerprint density at radius 1 is 0.862 bits per heavy atom. The van der Waals surface area contributed by atoms with E-state index in [1.165, 1.54) is 6.07 Å². The largest absolute Gasteiger partial charge is 0.508 e. The zero-order valence-corrected chi connectivity index (χ0v) is 15.9. The Hall–Kier alpha value is -3.21. The molecule has 0 aliphatic carbocycles. The van der Waals surface area contributed by atoms with Crippen LogP contribution in [0.2, 0.25) is 5.02 Å². The van der Waals surface area contributed by atoms with E-state index in [0.29, 0.717) is 18.1 Å². The molecule has 2 aliphatic rings. The fourth-order valence-corrected chi connectivity index (χ4v) is 4.70. The van der Waals surface area contributed by atoms with Crippen LogP contribution in [0.1, 0.15) is 22.3 Å². The predicted molar refractivity (Wildman–Crippen MR) is 110 cm³/mol. The Kier molecular flexibility index (Phi) is 3.26. The first-order chi connectivity index (χ1) is 14.1. The summed E-state index contributed by atoms with van der Waals surface area (Å²) in [5.74, 6) is 1.29. The summed E-state index contributed by atoms with van der Waals surface area (Å²) < 4.78 is 12.8. The predicted octanol–water partition coefficient (Wildman–Crippen LogP) is 5.83. The summed E-state index contributed by atoms with van der Waals surface area (Å²) in [6, 6.07) is 20.5. The number of phenols is 2. The maximum atomic E-state index is 10.2. The van der Waals surface area contributed by atoms with E-state index in [-0.39, 0.29) is 16.5 Å². The molecular weight excluding hydrogens is 388 g/mol. The van der Waals surface area contributed by atoms with Crippen molar-refractivity contribution in [2.45, 2.75) is 12.2 Å². The number of hydrogen-bond acceptors (Lipinski definition) is 4. The fourth-order valence-electron chi connectivity index (χ4n) is 4.53. The molecule has 0 radical (unpaired) electrons. The molecule has 0 bridgehead atoms. The Morgan fingerprint density at radius 2 is 1.72 bits per heavy atom. The molecule has 0 saturated carbocycles. The number of fused-ring (bicyclic) bond motifs is 8. The smallest absolute Gasteiger partial charge is 0.151 e. The van der Waals surface area contributed by atoms with E-state index in [9.17, 15) is 10.2 Å². The van der Waals surface area contributed by atoms with Gasteiger partial charge in [0.15, 0.2) is 5.60 Å². The van der Waals surface area contributed by atoms with Crippen molar-refractivity contribution >= 4 is 22.4 Å². The quantitative estimate of drug-likeness (QED) is 0.388. The Balaban J connectivity index is 1.75. The van der Waals surface area contributed by atoms with Gasteiger partial charge in [-0.05, 0) is 40.8 Å². The van der Waals surface area contributed by atoms with Gasteiger partial charge in [-0.25, -0.2) is 0 Å². The highest BCUT2D eigenvalue weighted by atomic mass is 35.5. The number of halogens is 1. The van der Waals surface area contributed by atoms with Crippen LogP contribution in [0.15, 0.2) is 66.7 Å². The first kappa shape index (κ1) is 16.7. The maximum absolute atomic E-state index is 10.2. The van der Waals surface area contributed by atoms with Gasteiger partial charge in [-0.3, -0.25) is 0 Å². The van der Waals surface area contributed by atoms with Crippen molar-refractivity contribution in [2.24, 2.45) is 0 Å². The molecule has 2 heterocycles. The molecule has 1 atom stereocenters. The van der Waals surface area contributed by atoms with Crippen molar-refractivity contribution in [1.29, 1.82) is 0 Å². The fraction of sp³-hybridized carbons (Fsp3) is 0.0833. The van der Waals surface area contributed by atoms with Gasteiger partial charge in [-0.2, -0.15) is 0 Å². The van der Waals surface area contributed by atoms with Crippen molar-refractivity contribution in [1.82, 2.24) is 0 Å². The van der Waals surface area contributed by atoms with Gasteiger partial charge in [0.25, 0.3) is 0 Å². The van der Waals surface area contributed by atoms with E-state index in [0.717, 1.165) is 33.0 Å². The van der Waals surface area contributed by atoms with Gasteiger partial charge >= 0.3 is 0 Å². The molecule has 142 valence electrons. The molecule has 0 aromatic heterocycles. The Labute approximate surface area is 171 Å². The summed E-state index contributed by atoms with van der Waals surface area (Å²) in [5.41, 5.74) is 2.88. The third-order valence-electron chi connectivity index (χ3n) is 5.81. The highest BCUT2D eigenvalue weighted by molar-refractivity contribution is 6.32. The van der Waals surface area contributed by atoms with Crippen molar-refractivity contribution in [3.8, 4) is 23.0 Å². The molecule has 0 amide bonds. The molecular formula is C24H15ClO4. The molecule has 0 saturated heterocycles. The summed E-state index contributed by atoms with van der Waals surface area (Å²) in [5, 5.41) is 22.0. The number of hydrogen-bond donors (Lipinski definition) is 2. The lowest BCUT2D eigenvalue weighted by molar-refractivity contribution is 0.0201. The molecule has 1 unspecified atom stereocenters. The molecule has 2 N–H and O–H groups in total. The maximum Gasteiger partial charge on any atom is 0.151 e. The highest BCUT2D eigenvalue weighted by Gasteiger charge is 2.50. The number of rotatable bonds is 0. The summed E-state index contributed by atoms with van der Waals surface area (Å²) in [6.45, 7) is 0.459. The molecule has 2 aliphatic heterocycles. The first-order valence-electron chi connectivity index (χ1n) is 9.27. The van der Waals surface area contributed by atoms with Crippen LogP contribution >= 0.6 is 11.6 Å². The summed E-state index contributed by atoms with van der Waals surface area (Å²) in [4.78, 5) is 0. The van der Waals surface area contributed by atoms with Crippen LogP contribution in [0.25, 0.3) is 10.8 Å². The molecule has 0 fully saturated rings. The monoisotopic (exact) mass is 402 g/mol. The number of phenolic OH excluding ortho intramolecular Hbond substituents is 2. The van der Waals surface area contributed by atoms with Gasteiger partial charge in [0.05, 0.1) is 11.6 Å². The van der Waals surface area contributed by atoms with E-state index in [1.807, 2.05) is 30.3 Å². The minimum absolute atomic E-state index is 0.0480. The number of aromatic hydroxyl groups is 2. The van der Waals surface area contributed by atoms with Crippen LogP contribution in [-0.4, -0.2) is 10.2 Å². The third-order valence-corrected chi connectivity index (χ3v) is 6.12.